The van der Waals surface area contributed by atoms with Crippen LogP contribution in [0.2, 0.25) is 0 Å². The second-order valence-corrected chi connectivity index (χ2v) is 10.1. The molecular formula is C26H28B2FN3O9. The Morgan fingerprint density at radius 1 is 1.20 bits per heavy atom. The Bertz CT molecular complexity index is 1340. The van der Waals surface area contributed by atoms with Gasteiger partial charge in [0.1, 0.15) is 27.3 Å². The van der Waals surface area contributed by atoms with E-state index < -0.39 is 47.2 Å². The normalized spacial score (nSPS) is 21.0. The molecule has 0 unspecified atom stereocenters. The number of hydrogen-bond donors (Lipinski definition) is 5. The van der Waals surface area contributed by atoms with Crippen molar-refractivity contribution in [3.05, 3.63) is 64.5 Å². The van der Waals surface area contributed by atoms with Gasteiger partial charge in [-0.3, -0.25) is 29.5 Å². The summed E-state index contributed by atoms with van der Waals surface area (Å²) in [5, 5.41) is 40.1. The third-order valence-corrected chi connectivity index (χ3v) is 7.08. The van der Waals surface area contributed by atoms with E-state index in [9.17, 15) is 34.8 Å². The maximum absolute atomic E-state index is 15.2. The molecule has 2 fully saturated rings. The van der Waals surface area contributed by atoms with E-state index in [0.29, 0.717) is 44.7 Å². The number of ether oxygens (including phenoxy) is 2. The number of carbonyl (C=O) groups excluding carboxylic acids is 3. The van der Waals surface area contributed by atoms with Gasteiger partial charge in [0.2, 0.25) is 5.91 Å². The van der Waals surface area contributed by atoms with E-state index in [1.807, 2.05) is 0 Å². The molecule has 4 radical (unpaired) electrons. The summed E-state index contributed by atoms with van der Waals surface area (Å²) in [6.07, 6.45) is 0.448. The van der Waals surface area contributed by atoms with Crippen molar-refractivity contribution >= 4 is 33.8 Å². The number of benzene rings is 2. The molecule has 0 saturated carbocycles. The minimum absolute atomic E-state index is 0.0134. The van der Waals surface area contributed by atoms with E-state index in [2.05, 4.69) is 4.90 Å². The van der Waals surface area contributed by atoms with Crippen LogP contribution in [0.4, 0.5) is 4.39 Å². The Balaban J connectivity index is 1.60. The highest BCUT2D eigenvalue weighted by molar-refractivity contribution is 6.39. The van der Waals surface area contributed by atoms with Crippen LogP contribution < -0.4 is 10.1 Å². The van der Waals surface area contributed by atoms with Crippen LogP contribution >= 0.6 is 0 Å². The third kappa shape index (κ3) is 6.06. The Hall–Kier alpha value is -3.17. The van der Waals surface area contributed by atoms with Crippen LogP contribution in [0, 0.1) is 5.82 Å². The van der Waals surface area contributed by atoms with Crippen LogP contribution in [0.5, 0.6) is 5.75 Å². The third-order valence-electron chi connectivity index (χ3n) is 7.08. The number of carbonyl (C=O) groups is 3. The fraction of sp³-hybridized carbons (Fsp3) is 0.423. The van der Waals surface area contributed by atoms with Crippen LogP contribution in [-0.2, 0) is 32.8 Å². The number of aliphatic hydroxyl groups is 4. The minimum atomic E-state index is -3.74. The number of aldehydes is 1. The van der Waals surface area contributed by atoms with Crippen LogP contribution in [0.25, 0.3) is 0 Å². The predicted octanol–water partition coefficient (Wildman–Crippen LogP) is -2.18. The predicted molar refractivity (Wildman–Crippen MR) is 141 cm³/mol. The van der Waals surface area contributed by atoms with Gasteiger partial charge in [0.05, 0.1) is 18.6 Å². The molecule has 2 aromatic carbocycles. The summed E-state index contributed by atoms with van der Waals surface area (Å²) in [7, 11) is 13.6. The van der Waals surface area contributed by atoms with E-state index in [1.165, 1.54) is 37.4 Å². The van der Waals surface area contributed by atoms with Crippen LogP contribution in [-0.4, -0.2) is 115 Å². The number of halogens is 1. The first kappa shape index (κ1) is 30.8. The largest absolute Gasteiger partial charge is 0.502 e. The van der Waals surface area contributed by atoms with Crippen molar-refractivity contribution in [2.24, 2.45) is 0 Å². The van der Waals surface area contributed by atoms with Gasteiger partial charge in [-0.2, -0.15) is 0 Å². The molecule has 0 bridgehead atoms. The molecule has 2 heterocycles. The number of morpholine rings is 1. The van der Waals surface area contributed by atoms with Crippen LogP contribution in [0.1, 0.15) is 27.0 Å². The topological polar surface area (TPSA) is 169 Å². The summed E-state index contributed by atoms with van der Waals surface area (Å²) >= 11 is 0. The first-order valence-corrected chi connectivity index (χ1v) is 12.6. The first-order chi connectivity index (χ1) is 19.2. The quantitative estimate of drug-likeness (QED) is 0.0967. The maximum atomic E-state index is 15.2. The van der Waals surface area contributed by atoms with E-state index in [4.69, 9.17) is 25.2 Å². The zero-order chi connectivity index (χ0) is 30.2. The fourth-order valence-corrected chi connectivity index (χ4v) is 4.84. The molecule has 2 amide bonds. The van der Waals surface area contributed by atoms with Gasteiger partial charge in [0, 0.05) is 42.9 Å². The molecule has 15 heteroatoms. The maximum Gasteiger partial charge on any atom is 0.303 e. The molecule has 2 saturated heterocycles. The number of amides is 2. The molecular weight excluding hydrogens is 539 g/mol. The van der Waals surface area contributed by atoms with Crippen molar-refractivity contribution in [3.8, 4) is 5.75 Å². The molecule has 2 aliphatic rings. The van der Waals surface area contributed by atoms with Crippen molar-refractivity contribution in [3.63, 3.8) is 0 Å². The lowest BCUT2D eigenvalue weighted by Crippen LogP contribution is -2.78. The highest BCUT2D eigenvalue weighted by atomic mass is 19.1. The van der Waals surface area contributed by atoms with Crippen LogP contribution in [0.15, 0.2) is 36.4 Å². The molecule has 12 nitrogen and oxygen atoms in total. The molecule has 0 aliphatic carbocycles. The number of rotatable bonds is 9. The van der Waals surface area contributed by atoms with Crippen molar-refractivity contribution in [2.45, 2.75) is 36.1 Å². The van der Waals surface area contributed by atoms with Crippen molar-refractivity contribution in [1.29, 1.82) is 0 Å². The molecule has 0 spiro atoms. The second kappa shape index (κ2) is 11.6. The zero-order valence-electron chi connectivity index (χ0n) is 22.1. The number of imide groups is 1. The van der Waals surface area contributed by atoms with E-state index in [1.54, 1.807) is 11.4 Å². The Morgan fingerprint density at radius 2 is 1.88 bits per heavy atom. The number of nitrogens with zero attached hydrogens (tertiary/aromatic N) is 2. The molecule has 41 heavy (non-hydrogen) atoms. The van der Waals surface area contributed by atoms with Gasteiger partial charge >= 0.3 is 5.79 Å². The lowest BCUT2D eigenvalue weighted by molar-refractivity contribution is -0.356. The summed E-state index contributed by atoms with van der Waals surface area (Å²) in [6, 6.07) is 6.42. The smallest absolute Gasteiger partial charge is 0.303 e. The van der Waals surface area contributed by atoms with Crippen molar-refractivity contribution in [2.75, 3.05) is 33.4 Å². The zero-order valence-corrected chi connectivity index (χ0v) is 22.1. The molecule has 1 atom stereocenters. The molecule has 4 rings (SSSR count). The summed E-state index contributed by atoms with van der Waals surface area (Å²) < 4.78 is 26.3. The average Bonchev–Trinajstić information content (AvgIpc) is 2.89. The lowest BCUT2D eigenvalue weighted by atomic mass is 9.61. The van der Waals surface area contributed by atoms with E-state index in [-0.39, 0.29) is 22.4 Å². The summed E-state index contributed by atoms with van der Waals surface area (Å²) in [5.41, 5.74) is 0.536. The van der Waals surface area contributed by atoms with Gasteiger partial charge in [-0.1, -0.05) is 24.3 Å². The molecule has 2 aliphatic heterocycles. The summed E-state index contributed by atoms with van der Waals surface area (Å²) in [6.45, 7) is 2.62. The highest BCUT2D eigenvalue weighted by Crippen LogP contribution is 2.34. The van der Waals surface area contributed by atoms with E-state index >= 15 is 4.39 Å². The second-order valence-electron chi connectivity index (χ2n) is 10.1. The van der Waals surface area contributed by atoms with Crippen molar-refractivity contribution < 1.29 is 48.7 Å². The summed E-state index contributed by atoms with van der Waals surface area (Å²) in [5.74, 6) is -11.2. The Kier molecular flexibility index (Phi) is 8.71. The monoisotopic (exact) mass is 567 g/mol. The minimum Gasteiger partial charge on any atom is -0.502 e. The first-order valence-electron chi connectivity index (χ1n) is 12.6. The van der Waals surface area contributed by atoms with Gasteiger partial charge in [0.15, 0.2) is 12.3 Å². The average molecular weight is 567 g/mol. The molecule has 5 N–H and O–H groups in total. The van der Waals surface area contributed by atoms with E-state index in [0.717, 1.165) is 4.90 Å². The molecule has 2 aromatic rings. The van der Waals surface area contributed by atoms with Crippen LogP contribution in [0.3, 0.4) is 0 Å². The standard InChI is InChI=1S/C26H28B2FN3O9/c1-31(21-22(34)30-23(35)25(38,39)24(21,36)37)13-17-16(14-33)3-2-4-20(17)41-26(27,28)18-6-5-15(11-19(18)29)12-32-7-9-40-10-8-32/h2-6,11,14,21,36-39H,7-10,12-13H2,1H3,(H,30,34,35)/t21-/m1/s1. The Labute approximate surface area is 237 Å². The Morgan fingerprint density at radius 3 is 2.51 bits per heavy atom. The molecule has 214 valence electrons. The van der Waals surface area contributed by atoms with Gasteiger partial charge in [-0.15, -0.1) is 0 Å². The molecule has 0 aromatic heterocycles. The summed E-state index contributed by atoms with van der Waals surface area (Å²) in [4.78, 5) is 39.1. The van der Waals surface area contributed by atoms with Crippen molar-refractivity contribution in [1.82, 2.24) is 15.1 Å². The number of likely N-dealkylation sites (N-methyl/N-ethyl adjacent to an activating group) is 1. The van der Waals surface area contributed by atoms with Gasteiger partial charge in [0.25, 0.3) is 11.7 Å². The number of piperidine rings is 1. The lowest BCUT2D eigenvalue weighted by Gasteiger charge is -2.45. The van der Waals surface area contributed by atoms with Gasteiger partial charge < -0.3 is 29.9 Å². The fourth-order valence-electron chi connectivity index (χ4n) is 4.84. The number of nitrogens with one attached hydrogen (secondary N) is 1. The highest BCUT2D eigenvalue weighted by Gasteiger charge is 2.65. The van der Waals surface area contributed by atoms with Gasteiger partial charge in [-0.25, -0.2) is 4.39 Å². The van der Waals surface area contributed by atoms with Gasteiger partial charge in [-0.05, 0) is 24.7 Å². The number of hydrogen-bond acceptors (Lipinski definition) is 11. The SMILES string of the molecule is [B]C([B])(Oc1cccc(C=O)c1CN(C)[C@@H]1C(=O)NC(=O)C(O)(O)C1(O)O)c1ccc(CN2CCOCC2)cc1F.